The highest BCUT2D eigenvalue weighted by Crippen LogP contribution is 2.29. The third kappa shape index (κ3) is 3.21. The molecule has 1 saturated heterocycles. The van der Waals surface area contributed by atoms with Crippen LogP contribution in [0, 0.1) is 5.92 Å². The van der Waals surface area contributed by atoms with Gasteiger partial charge in [-0.25, -0.2) is 0 Å². The maximum absolute atomic E-state index is 5.87. The Hall–Kier alpha value is -0.120. The molecule has 1 N–H and O–H groups in total. The topological polar surface area (TPSA) is 24.5 Å². The minimum atomic E-state index is 0.526. The van der Waals surface area contributed by atoms with E-state index in [0.717, 1.165) is 19.7 Å². The molecular formula is C14H28N2O. The third-order valence-corrected chi connectivity index (χ3v) is 4.30. The van der Waals surface area contributed by atoms with Gasteiger partial charge in [0.1, 0.15) is 0 Å². The summed E-state index contributed by atoms with van der Waals surface area (Å²) in [5.41, 5.74) is 0. The lowest BCUT2D eigenvalue weighted by Gasteiger charge is -2.40. The summed E-state index contributed by atoms with van der Waals surface area (Å²) in [5.74, 6) is 0.706. The molecule has 17 heavy (non-hydrogen) atoms. The smallest absolute Gasteiger partial charge is 0.0730 e. The van der Waals surface area contributed by atoms with Crippen LogP contribution in [0.15, 0.2) is 0 Å². The van der Waals surface area contributed by atoms with Crippen LogP contribution in [0.2, 0.25) is 0 Å². The molecule has 1 aliphatic heterocycles. The molecule has 1 heterocycles. The van der Waals surface area contributed by atoms with Crippen molar-refractivity contribution < 1.29 is 4.74 Å². The first-order valence-electron chi connectivity index (χ1n) is 7.31. The Morgan fingerprint density at radius 3 is 2.88 bits per heavy atom. The van der Waals surface area contributed by atoms with E-state index in [1.54, 1.807) is 0 Å². The Bertz CT molecular complexity index is 232. The van der Waals surface area contributed by atoms with Gasteiger partial charge in [-0.3, -0.25) is 4.90 Å². The molecule has 2 aliphatic rings. The fourth-order valence-electron chi connectivity index (χ4n) is 3.26. The normalized spacial score (nSPS) is 31.8. The van der Waals surface area contributed by atoms with Crippen LogP contribution in [0.1, 0.15) is 40.0 Å². The Morgan fingerprint density at radius 2 is 2.18 bits per heavy atom. The SMILES string of the molecule is CCNC(CN1CCOC2CCCC21)C(C)C. The van der Waals surface area contributed by atoms with E-state index in [1.165, 1.54) is 25.8 Å². The summed E-state index contributed by atoms with van der Waals surface area (Å²) in [4.78, 5) is 2.68. The number of nitrogens with one attached hydrogen (secondary N) is 1. The lowest BCUT2D eigenvalue weighted by molar-refractivity contribution is -0.0594. The minimum Gasteiger partial charge on any atom is -0.375 e. The Labute approximate surface area is 106 Å². The third-order valence-electron chi connectivity index (χ3n) is 4.30. The van der Waals surface area contributed by atoms with E-state index in [0.29, 0.717) is 24.1 Å². The van der Waals surface area contributed by atoms with Crippen LogP contribution < -0.4 is 5.32 Å². The summed E-state index contributed by atoms with van der Waals surface area (Å²) in [6, 6.07) is 1.32. The van der Waals surface area contributed by atoms with Crippen molar-refractivity contribution in [1.82, 2.24) is 10.2 Å². The molecule has 0 spiro atoms. The highest BCUT2D eigenvalue weighted by molar-refractivity contribution is 4.91. The fraction of sp³-hybridized carbons (Fsp3) is 1.00. The zero-order chi connectivity index (χ0) is 12.3. The molecule has 1 saturated carbocycles. The van der Waals surface area contributed by atoms with Gasteiger partial charge in [-0.1, -0.05) is 20.8 Å². The first-order valence-corrected chi connectivity index (χ1v) is 7.31. The second kappa shape index (κ2) is 6.17. The number of morpholine rings is 1. The fourth-order valence-corrected chi connectivity index (χ4v) is 3.26. The summed E-state index contributed by atoms with van der Waals surface area (Å²) in [5, 5.41) is 3.63. The first kappa shape index (κ1) is 13.3. The van der Waals surface area contributed by atoms with Gasteiger partial charge in [0.25, 0.3) is 0 Å². The van der Waals surface area contributed by atoms with Crippen molar-refractivity contribution in [1.29, 1.82) is 0 Å². The molecule has 2 rings (SSSR count). The van der Waals surface area contributed by atoms with Gasteiger partial charge in [-0.05, 0) is 31.7 Å². The lowest BCUT2D eigenvalue weighted by atomic mass is 10.0. The second-order valence-electron chi connectivity index (χ2n) is 5.81. The lowest BCUT2D eigenvalue weighted by Crippen LogP contribution is -2.54. The van der Waals surface area contributed by atoms with Crippen LogP contribution in [-0.2, 0) is 4.74 Å². The van der Waals surface area contributed by atoms with E-state index >= 15 is 0 Å². The molecule has 0 aromatic heterocycles. The number of hydrogen-bond acceptors (Lipinski definition) is 3. The van der Waals surface area contributed by atoms with E-state index in [4.69, 9.17) is 4.74 Å². The number of fused-ring (bicyclic) bond motifs is 1. The summed E-state index contributed by atoms with van der Waals surface area (Å²) in [7, 11) is 0. The van der Waals surface area contributed by atoms with Crippen molar-refractivity contribution in [3.63, 3.8) is 0 Å². The number of rotatable bonds is 5. The number of nitrogens with zero attached hydrogens (tertiary/aromatic N) is 1. The van der Waals surface area contributed by atoms with E-state index < -0.39 is 0 Å². The van der Waals surface area contributed by atoms with Gasteiger partial charge >= 0.3 is 0 Å². The zero-order valence-corrected chi connectivity index (χ0v) is 11.6. The predicted molar refractivity (Wildman–Crippen MR) is 71.3 cm³/mol. The minimum absolute atomic E-state index is 0.526. The Morgan fingerprint density at radius 1 is 1.35 bits per heavy atom. The monoisotopic (exact) mass is 240 g/mol. The van der Waals surface area contributed by atoms with Crippen molar-refractivity contribution in [3.8, 4) is 0 Å². The highest BCUT2D eigenvalue weighted by atomic mass is 16.5. The highest BCUT2D eigenvalue weighted by Gasteiger charge is 2.36. The zero-order valence-electron chi connectivity index (χ0n) is 11.6. The molecule has 3 unspecified atom stereocenters. The van der Waals surface area contributed by atoms with Crippen LogP contribution in [0.3, 0.4) is 0 Å². The molecule has 2 fully saturated rings. The molecule has 0 aromatic carbocycles. The van der Waals surface area contributed by atoms with Crippen molar-refractivity contribution in [2.24, 2.45) is 5.92 Å². The largest absolute Gasteiger partial charge is 0.375 e. The van der Waals surface area contributed by atoms with Crippen LogP contribution in [0.4, 0.5) is 0 Å². The maximum Gasteiger partial charge on any atom is 0.0730 e. The van der Waals surface area contributed by atoms with Gasteiger partial charge in [-0.2, -0.15) is 0 Å². The molecule has 100 valence electrons. The Kier molecular flexibility index (Phi) is 4.83. The van der Waals surface area contributed by atoms with Gasteiger partial charge < -0.3 is 10.1 Å². The summed E-state index contributed by atoms with van der Waals surface area (Å²) < 4.78 is 5.87. The quantitative estimate of drug-likeness (QED) is 0.794. The predicted octanol–water partition coefficient (Wildman–Crippen LogP) is 1.87. The van der Waals surface area contributed by atoms with Gasteiger partial charge in [0.05, 0.1) is 12.7 Å². The summed E-state index contributed by atoms with van der Waals surface area (Å²) in [6.45, 7) is 11.2. The van der Waals surface area contributed by atoms with Crippen molar-refractivity contribution in [3.05, 3.63) is 0 Å². The van der Waals surface area contributed by atoms with Crippen LogP contribution >= 0.6 is 0 Å². The van der Waals surface area contributed by atoms with E-state index in [2.05, 4.69) is 31.0 Å². The van der Waals surface area contributed by atoms with Crippen LogP contribution in [0.5, 0.6) is 0 Å². The molecule has 0 bridgehead atoms. The van der Waals surface area contributed by atoms with Gasteiger partial charge in [0, 0.05) is 25.2 Å². The van der Waals surface area contributed by atoms with E-state index in [1.807, 2.05) is 0 Å². The molecular weight excluding hydrogens is 212 g/mol. The van der Waals surface area contributed by atoms with Gasteiger partial charge in [0.15, 0.2) is 0 Å². The first-order chi connectivity index (χ1) is 8.22. The number of likely N-dealkylation sites (N-methyl/N-ethyl adjacent to an activating group) is 1. The second-order valence-corrected chi connectivity index (χ2v) is 5.81. The molecule has 3 atom stereocenters. The number of hydrogen-bond donors (Lipinski definition) is 1. The van der Waals surface area contributed by atoms with Crippen LogP contribution in [-0.4, -0.2) is 49.3 Å². The molecule has 1 aliphatic carbocycles. The summed E-state index contributed by atoms with van der Waals surface area (Å²) in [6.07, 6.45) is 4.48. The Balaban J connectivity index is 1.91. The molecule has 0 radical (unpaired) electrons. The van der Waals surface area contributed by atoms with Gasteiger partial charge in [-0.15, -0.1) is 0 Å². The average molecular weight is 240 g/mol. The molecule has 0 aromatic rings. The van der Waals surface area contributed by atoms with E-state index in [-0.39, 0.29) is 0 Å². The maximum atomic E-state index is 5.87. The van der Waals surface area contributed by atoms with Gasteiger partial charge in [0.2, 0.25) is 0 Å². The molecule has 3 heteroatoms. The van der Waals surface area contributed by atoms with Crippen LogP contribution in [0.25, 0.3) is 0 Å². The molecule has 3 nitrogen and oxygen atoms in total. The van der Waals surface area contributed by atoms with Crippen molar-refractivity contribution >= 4 is 0 Å². The molecule has 0 amide bonds. The van der Waals surface area contributed by atoms with Crippen molar-refractivity contribution in [2.45, 2.75) is 58.2 Å². The average Bonchev–Trinajstić information content (AvgIpc) is 2.77. The van der Waals surface area contributed by atoms with E-state index in [9.17, 15) is 0 Å². The number of ether oxygens (including phenoxy) is 1. The van der Waals surface area contributed by atoms with Crippen molar-refractivity contribution in [2.75, 3.05) is 26.2 Å². The standard InChI is InChI=1S/C14H28N2O/c1-4-15-12(11(2)3)10-16-8-9-17-14-7-5-6-13(14)16/h11-15H,4-10H2,1-3H3. The summed E-state index contributed by atoms with van der Waals surface area (Å²) >= 11 is 0.